The largest absolute Gasteiger partial charge is 0.347 e. The fourth-order valence-electron chi connectivity index (χ4n) is 1.39. The van der Waals surface area contributed by atoms with Crippen LogP contribution < -0.4 is 5.32 Å². The third-order valence-electron chi connectivity index (χ3n) is 2.27. The molecule has 0 amide bonds. The Kier molecular flexibility index (Phi) is 2.13. The van der Waals surface area contributed by atoms with Crippen molar-refractivity contribution in [1.29, 1.82) is 0 Å². The van der Waals surface area contributed by atoms with Gasteiger partial charge in [0.05, 0.1) is 6.04 Å². The second-order valence-electron chi connectivity index (χ2n) is 3.38. The van der Waals surface area contributed by atoms with Crippen LogP contribution in [0.5, 0.6) is 0 Å². The summed E-state index contributed by atoms with van der Waals surface area (Å²) in [5, 5.41) is 3.55. The molecule has 0 radical (unpaired) electrons. The third kappa shape index (κ3) is 1.67. The number of H-pyrrole nitrogens is 1. The van der Waals surface area contributed by atoms with Gasteiger partial charge in [0.15, 0.2) is 0 Å². The molecule has 0 spiro atoms. The molecular formula is C9H15N3. The van der Waals surface area contributed by atoms with Gasteiger partial charge in [-0.3, -0.25) is 0 Å². The summed E-state index contributed by atoms with van der Waals surface area (Å²) in [5.74, 6) is 1.07. The van der Waals surface area contributed by atoms with Crippen molar-refractivity contribution in [3.63, 3.8) is 0 Å². The molecule has 1 aromatic heterocycles. The average molecular weight is 165 g/mol. The summed E-state index contributed by atoms with van der Waals surface area (Å²) in [7, 11) is 0. The molecule has 3 heteroatoms. The number of hydrogen-bond acceptors (Lipinski definition) is 2. The predicted molar refractivity (Wildman–Crippen MR) is 47.8 cm³/mol. The Hall–Kier alpha value is -0.830. The minimum absolute atomic E-state index is 0.424. The van der Waals surface area contributed by atoms with Gasteiger partial charge in [0.25, 0.3) is 0 Å². The molecule has 1 aromatic rings. The molecule has 1 saturated carbocycles. The molecule has 1 unspecified atom stereocenters. The van der Waals surface area contributed by atoms with Crippen LogP contribution in [-0.4, -0.2) is 16.0 Å². The van der Waals surface area contributed by atoms with E-state index >= 15 is 0 Å². The van der Waals surface area contributed by atoms with Crippen molar-refractivity contribution in [3.8, 4) is 0 Å². The lowest BCUT2D eigenvalue weighted by molar-refractivity contribution is 0.495. The van der Waals surface area contributed by atoms with Crippen molar-refractivity contribution in [3.05, 3.63) is 18.2 Å². The highest BCUT2D eigenvalue weighted by Crippen LogP contribution is 2.24. The normalized spacial score (nSPS) is 19.4. The summed E-state index contributed by atoms with van der Waals surface area (Å²) in [6, 6.07) is 1.17. The van der Waals surface area contributed by atoms with Crippen LogP contribution in [-0.2, 0) is 0 Å². The van der Waals surface area contributed by atoms with Crippen molar-refractivity contribution < 1.29 is 0 Å². The number of hydrogen-bond donors (Lipinski definition) is 2. The van der Waals surface area contributed by atoms with Crippen molar-refractivity contribution >= 4 is 0 Å². The molecule has 1 atom stereocenters. The van der Waals surface area contributed by atoms with E-state index in [9.17, 15) is 0 Å². The second-order valence-corrected chi connectivity index (χ2v) is 3.38. The van der Waals surface area contributed by atoms with Gasteiger partial charge in [-0.2, -0.15) is 0 Å². The highest BCUT2D eigenvalue weighted by atomic mass is 15.0. The standard InChI is InChI=1S/C9H15N3/c1-2-8(12-7-3-4-7)9-10-5-6-11-9/h5-8,12H,2-4H2,1H3,(H,10,11). The van der Waals surface area contributed by atoms with Gasteiger partial charge in [-0.1, -0.05) is 6.92 Å². The molecule has 3 nitrogen and oxygen atoms in total. The summed E-state index contributed by atoms with van der Waals surface area (Å²) in [6.07, 6.45) is 7.46. The van der Waals surface area contributed by atoms with E-state index < -0.39 is 0 Å². The van der Waals surface area contributed by atoms with E-state index in [1.54, 1.807) is 0 Å². The Bertz CT molecular complexity index is 226. The van der Waals surface area contributed by atoms with Crippen molar-refractivity contribution in [2.45, 2.75) is 38.3 Å². The SMILES string of the molecule is CCC(NC1CC1)c1ncc[nH]1. The first-order chi connectivity index (χ1) is 5.90. The number of imidazole rings is 1. The van der Waals surface area contributed by atoms with E-state index in [1.165, 1.54) is 12.8 Å². The van der Waals surface area contributed by atoms with Gasteiger partial charge >= 0.3 is 0 Å². The molecule has 1 fully saturated rings. The minimum Gasteiger partial charge on any atom is -0.347 e. The Morgan fingerprint density at radius 1 is 1.75 bits per heavy atom. The van der Waals surface area contributed by atoms with Gasteiger partial charge in [0.1, 0.15) is 5.82 Å². The predicted octanol–water partition coefficient (Wildman–Crippen LogP) is 1.61. The van der Waals surface area contributed by atoms with Crippen LogP contribution in [0.3, 0.4) is 0 Å². The molecule has 12 heavy (non-hydrogen) atoms. The quantitative estimate of drug-likeness (QED) is 0.711. The highest BCUT2D eigenvalue weighted by molar-refractivity contribution is 4.98. The lowest BCUT2D eigenvalue weighted by Gasteiger charge is -2.13. The summed E-state index contributed by atoms with van der Waals surface area (Å²) in [5.41, 5.74) is 0. The molecule has 2 rings (SSSR count). The van der Waals surface area contributed by atoms with Crippen molar-refractivity contribution in [2.24, 2.45) is 0 Å². The van der Waals surface area contributed by atoms with Crippen LogP contribution in [0.1, 0.15) is 38.1 Å². The first kappa shape index (κ1) is 7.80. The van der Waals surface area contributed by atoms with Gasteiger partial charge in [-0.15, -0.1) is 0 Å². The summed E-state index contributed by atoms with van der Waals surface area (Å²) < 4.78 is 0. The monoisotopic (exact) mass is 165 g/mol. The minimum atomic E-state index is 0.424. The molecule has 0 aliphatic heterocycles. The number of aromatic amines is 1. The van der Waals surface area contributed by atoms with Crippen LogP contribution in [0, 0.1) is 0 Å². The Morgan fingerprint density at radius 2 is 2.58 bits per heavy atom. The molecule has 1 aliphatic carbocycles. The molecule has 0 aromatic carbocycles. The van der Waals surface area contributed by atoms with E-state index in [0.717, 1.165) is 18.3 Å². The average Bonchev–Trinajstić information content (AvgIpc) is 2.74. The zero-order valence-corrected chi connectivity index (χ0v) is 7.38. The number of nitrogens with one attached hydrogen (secondary N) is 2. The lowest BCUT2D eigenvalue weighted by Crippen LogP contribution is -2.23. The van der Waals surface area contributed by atoms with Crippen LogP contribution in [0.2, 0.25) is 0 Å². The van der Waals surface area contributed by atoms with E-state index in [0.29, 0.717) is 6.04 Å². The van der Waals surface area contributed by atoms with E-state index in [4.69, 9.17) is 0 Å². The maximum Gasteiger partial charge on any atom is 0.123 e. The Labute approximate surface area is 72.6 Å². The topological polar surface area (TPSA) is 40.7 Å². The van der Waals surface area contributed by atoms with Crippen LogP contribution in [0.25, 0.3) is 0 Å². The van der Waals surface area contributed by atoms with Gasteiger partial charge in [-0.05, 0) is 19.3 Å². The fourth-order valence-corrected chi connectivity index (χ4v) is 1.39. The van der Waals surface area contributed by atoms with Crippen LogP contribution in [0.15, 0.2) is 12.4 Å². The second kappa shape index (κ2) is 3.27. The molecule has 1 aliphatic rings. The van der Waals surface area contributed by atoms with E-state index in [2.05, 4.69) is 22.2 Å². The third-order valence-corrected chi connectivity index (χ3v) is 2.27. The van der Waals surface area contributed by atoms with Gasteiger partial charge in [0, 0.05) is 18.4 Å². The summed E-state index contributed by atoms with van der Waals surface area (Å²) in [4.78, 5) is 7.40. The molecular weight excluding hydrogens is 150 g/mol. The highest BCUT2D eigenvalue weighted by Gasteiger charge is 2.25. The van der Waals surface area contributed by atoms with Gasteiger partial charge in [0.2, 0.25) is 0 Å². The number of aromatic nitrogens is 2. The summed E-state index contributed by atoms with van der Waals surface area (Å²) >= 11 is 0. The van der Waals surface area contributed by atoms with Gasteiger partial charge in [-0.25, -0.2) is 4.98 Å². The van der Waals surface area contributed by atoms with Crippen LogP contribution in [0.4, 0.5) is 0 Å². The smallest absolute Gasteiger partial charge is 0.123 e. The Morgan fingerprint density at radius 3 is 3.08 bits per heavy atom. The molecule has 0 bridgehead atoms. The Balaban J connectivity index is 1.97. The number of nitrogens with zero attached hydrogens (tertiary/aromatic N) is 1. The molecule has 2 N–H and O–H groups in total. The maximum atomic E-state index is 4.25. The maximum absolute atomic E-state index is 4.25. The van der Waals surface area contributed by atoms with Gasteiger partial charge < -0.3 is 10.3 Å². The molecule has 1 heterocycles. The zero-order chi connectivity index (χ0) is 8.39. The lowest BCUT2D eigenvalue weighted by atomic mass is 10.2. The van der Waals surface area contributed by atoms with Crippen LogP contribution >= 0.6 is 0 Å². The fraction of sp³-hybridized carbons (Fsp3) is 0.667. The van der Waals surface area contributed by atoms with Crippen molar-refractivity contribution in [2.75, 3.05) is 0 Å². The first-order valence-corrected chi connectivity index (χ1v) is 4.65. The first-order valence-electron chi connectivity index (χ1n) is 4.65. The number of rotatable bonds is 4. The van der Waals surface area contributed by atoms with E-state index in [-0.39, 0.29) is 0 Å². The zero-order valence-electron chi connectivity index (χ0n) is 7.38. The summed E-state index contributed by atoms with van der Waals surface area (Å²) in [6.45, 7) is 2.18. The molecule has 66 valence electrons. The molecule has 0 saturated heterocycles. The van der Waals surface area contributed by atoms with E-state index in [1.807, 2.05) is 12.4 Å². The van der Waals surface area contributed by atoms with Crippen molar-refractivity contribution in [1.82, 2.24) is 15.3 Å².